The van der Waals surface area contributed by atoms with Crippen LogP contribution in [0.2, 0.25) is 0 Å². The van der Waals surface area contributed by atoms with Gasteiger partial charge in [0, 0.05) is 37.3 Å². The Balaban J connectivity index is 0.000000152. The van der Waals surface area contributed by atoms with E-state index in [-0.39, 0.29) is 25.6 Å². The summed E-state index contributed by atoms with van der Waals surface area (Å²) in [5.41, 5.74) is 9.51. The van der Waals surface area contributed by atoms with Gasteiger partial charge in [-0.1, -0.05) is 73.3 Å². The van der Waals surface area contributed by atoms with Crippen molar-refractivity contribution in [3.8, 4) is 22.6 Å². The number of para-hydroxylation sites is 2. The zero-order valence-corrected chi connectivity index (χ0v) is 26.9. The number of pyridine rings is 1. The SMILES string of the molecule is CC(C)C1=CC(C)(C)n2c(-c3[c-]cccc3)nc3cccc1c32.[Ir].[c-]1ccc2c(oc3ccccc32)c1-c1ccccn1. The third kappa shape index (κ3) is 5.03. The fourth-order valence-electron chi connectivity index (χ4n) is 6.03. The topological polar surface area (TPSA) is 43.9 Å². The van der Waals surface area contributed by atoms with Gasteiger partial charge < -0.3 is 14.0 Å². The van der Waals surface area contributed by atoms with Crippen molar-refractivity contribution in [1.29, 1.82) is 0 Å². The van der Waals surface area contributed by atoms with Crippen LogP contribution in [0.15, 0.2) is 114 Å². The number of rotatable bonds is 3. The maximum absolute atomic E-state index is 5.97. The molecule has 4 heterocycles. The van der Waals surface area contributed by atoms with Crippen LogP contribution < -0.4 is 0 Å². The van der Waals surface area contributed by atoms with Gasteiger partial charge in [-0.2, -0.15) is 0 Å². The fourth-order valence-corrected chi connectivity index (χ4v) is 6.03. The number of aromatic nitrogens is 3. The van der Waals surface area contributed by atoms with Crippen LogP contribution in [-0.2, 0) is 25.6 Å². The molecule has 215 valence electrons. The predicted molar refractivity (Wildman–Crippen MR) is 172 cm³/mol. The molecule has 0 aliphatic carbocycles. The Morgan fingerprint density at radius 3 is 2.40 bits per heavy atom. The predicted octanol–water partition coefficient (Wildman–Crippen LogP) is 9.74. The molecule has 0 N–H and O–H groups in total. The van der Waals surface area contributed by atoms with E-state index in [4.69, 9.17) is 9.40 Å². The van der Waals surface area contributed by atoms with E-state index in [1.54, 1.807) is 6.20 Å². The van der Waals surface area contributed by atoms with E-state index in [1.807, 2.05) is 66.7 Å². The summed E-state index contributed by atoms with van der Waals surface area (Å²) in [5, 5.41) is 2.23. The number of hydrogen-bond donors (Lipinski definition) is 0. The van der Waals surface area contributed by atoms with Crippen molar-refractivity contribution in [1.82, 2.24) is 14.5 Å². The molecule has 4 aromatic carbocycles. The number of nitrogens with zero attached hydrogens (tertiary/aromatic N) is 3. The van der Waals surface area contributed by atoms with E-state index in [0.717, 1.165) is 50.1 Å². The second-order valence-corrected chi connectivity index (χ2v) is 11.5. The average molecular weight is 738 g/mol. The molecular formula is C38H31IrN3O-2. The molecule has 5 heteroatoms. The molecule has 0 saturated heterocycles. The summed E-state index contributed by atoms with van der Waals surface area (Å²) >= 11 is 0. The maximum atomic E-state index is 5.97. The van der Waals surface area contributed by atoms with Crippen molar-refractivity contribution >= 4 is 38.5 Å². The van der Waals surface area contributed by atoms with Gasteiger partial charge in [-0.05, 0) is 49.2 Å². The number of hydrogen-bond acceptors (Lipinski definition) is 3. The van der Waals surface area contributed by atoms with Crippen LogP contribution in [0.5, 0.6) is 0 Å². The van der Waals surface area contributed by atoms with Crippen molar-refractivity contribution in [2.24, 2.45) is 5.92 Å². The van der Waals surface area contributed by atoms with Gasteiger partial charge in [0.15, 0.2) is 0 Å². The van der Waals surface area contributed by atoms with Crippen LogP contribution in [0.3, 0.4) is 0 Å². The standard InChI is InChI=1S/C21H21N2.C17H10NO.Ir/c1-14(2)17-13-21(3,4)23-19-16(17)11-8-12-18(19)22-20(23)15-9-6-5-7-10-15;1-2-10-16-12(6-1)13-7-5-8-14(17(13)19-16)15-9-3-4-11-18-15;/h5-9,11-14H,1-4H3;1-7,9-11H;/q2*-1;. The monoisotopic (exact) mass is 738 g/mol. The van der Waals surface area contributed by atoms with Crippen LogP contribution >= 0.6 is 0 Å². The van der Waals surface area contributed by atoms with Crippen LogP contribution in [0.25, 0.3) is 61.2 Å². The molecule has 1 aliphatic rings. The Bertz CT molecular complexity index is 2090. The number of furan rings is 1. The van der Waals surface area contributed by atoms with Crippen molar-refractivity contribution in [2.45, 2.75) is 33.2 Å². The van der Waals surface area contributed by atoms with Gasteiger partial charge in [-0.3, -0.25) is 4.98 Å². The zero-order chi connectivity index (χ0) is 28.8. The Labute approximate surface area is 265 Å². The van der Waals surface area contributed by atoms with Gasteiger partial charge in [0.05, 0.1) is 28.0 Å². The summed E-state index contributed by atoms with van der Waals surface area (Å²) < 4.78 is 8.34. The minimum Gasteiger partial charge on any atom is -0.501 e. The van der Waals surface area contributed by atoms with Gasteiger partial charge in [-0.25, -0.2) is 0 Å². The second kappa shape index (κ2) is 11.4. The fraction of sp³-hybridized carbons (Fsp3) is 0.158. The molecule has 0 atom stereocenters. The van der Waals surface area contributed by atoms with Gasteiger partial charge in [-0.15, -0.1) is 54.1 Å². The van der Waals surface area contributed by atoms with Crippen LogP contribution in [0, 0.1) is 18.1 Å². The molecule has 0 spiro atoms. The maximum Gasteiger partial charge on any atom is 0.120 e. The first-order valence-electron chi connectivity index (χ1n) is 14.4. The van der Waals surface area contributed by atoms with Crippen molar-refractivity contribution in [3.05, 3.63) is 127 Å². The number of benzene rings is 4. The van der Waals surface area contributed by atoms with Gasteiger partial charge in [0.25, 0.3) is 0 Å². The number of allylic oxidation sites excluding steroid dienone is 2. The summed E-state index contributed by atoms with van der Waals surface area (Å²) in [6.45, 7) is 9.05. The summed E-state index contributed by atoms with van der Waals surface area (Å²) in [4.78, 5) is 9.32. The summed E-state index contributed by atoms with van der Waals surface area (Å²) in [5.74, 6) is 1.49. The van der Waals surface area contributed by atoms with Crippen molar-refractivity contribution in [3.63, 3.8) is 0 Å². The Morgan fingerprint density at radius 2 is 1.63 bits per heavy atom. The molecule has 43 heavy (non-hydrogen) atoms. The first-order valence-corrected chi connectivity index (χ1v) is 14.4. The van der Waals surface area contributed by atoms with E-state index in [2.05, 4.69) is 85.8 Å². The molecule has 0 bridgehead atoms. The smallest absolute Gasteiger partial charge is 0.120 e. The minimum absolute atomic E-state index is 0. The zero-order valence-electron chi connectivity index (χ0n) is 24.6. The number of imidazole rings is 1. The third-order valence-corrected chi connectivity index (χ3v) is 7.90. The van der Waals surface area contributed by atoms with Crippen LogP contribution in [-0.4, -0.2) is 14.5 Å². The summed E-state index contributed by atoms with van der Waals surface area (Å²) in [7, 11) is 0. The average Bonchev–Trinajstić information content (AvgIpc) is 3.61. The molecule has 0 saturated carbocycles. The van der Waals surface area contributed by atoms with Crippen molar-refractivity contribution in [2.75, 3.05) is 0 Å². The minimum atomic E-state index is -0.109. The first kappa shape index (κ1) is 28.8. The normalized spacial score (nSPS) is 13.5. The molecule has 8 rings (SSSR count). The molecule has 0 fully saturated rings. The summed E-state index contributed by atoms with van der Waals surface area (Å²) in [6.07, 6.45) is 4.18. The van der Waals surface area contributed by atoms with Gasteiger partial charge >= 0.3 is 0 Å². The molecule has 7 aromatic rings. The number of fused-ring (bicyclic) bond motifs is 3. The molecule has 0 amide bonds. The van der Waals surface area contributed by atoms with E-state index >= 15 is 0 Å². The third-order valence-electron chi connectivity index (χ3n) is 7.90. The largest absolute Gasteiger partial charge is 0.501 e. The van der Waals surface area contributed by atoms with E-state index in [9.17, 15) is 0 Å². The second-order valence-electron chi connectivity index (χ2n) is 11.5. The quantitative estimate of drug-likeness (QED) is 0.170. The van der Waals surface area contributed by atoms with E-state index < -0.39 is 0 Å². The van der Waals surface area contributed by atoms with Gasteiger partial charge in [0.1, 0.15) is 5.58 Å². The molecule has 3 aromatic heterocycles. The van der Waals surface area contributed by atoms with Crippen LogP contribution in [0.4, 0.5) is 0 Å². The molecule has 4 nitrogen and oxygen atoms in total. The molecular weight excluding hydrogens is 707 g/mol. The molecule has 1 aliphatic heterocycles. The summed E-state index contributed by atoms with van der Waals surface area (Å²) in [6, 6.07) is 39.0. The van der Waals surface area contributed by atoms with E-state index in [0.29, 0.717) is 5.92 Å². The van der Waals surface area contributed by atoms with E-state index in [1.165, 1.54) is 16.7 Å². The Kier molecular flexibility index (Phi) is 7.64. The first-order chi connectivity index (χ1) is 20.4. The van der Waals surface area contributed by atoms with Crippen LogP contribution in [0.1, 0.15) is 33.3 Å². The van der Waals surface area contributed by atoms with Gasteiger partial charge in [0.2, 0.25) is 0 Å². The molecule has 1 radical (unpaired) electrons. The Morgan fingerprint density at radius 1 is 0.814 bits per heavy atom. The Hall–Kier alpha value is -4.31. The van der Waals surface area contributed by atoms with Crippen molar-refractivity contribution < 1.29 is 24.5 Å². The molecule has 0 unspecified atom stereocenters.